The van der Waals surface area contributed by atoms with Crippen molar-refractivity contribution in [2.24, 2.45) is 0 Å². The maximum atomic E-state index is 14.0. The van der Waals surface area contributed by atoms with Crippen LogP contribution in [-0.2, 0) is 19.1 Å². The van der Waals surface area contributed by atoms with E-state index < -0.39 is 29.8 Å². The number of thiazole rings is 1. The van der Waals surface area contributed by atoms with Crippen molar-refractivity contribution < 1.29 is 32.3 Å². The van der Waals surface area contributed by atoms with Gasteiger partial charge in [-0.25, -0.2) is 9.97 Å². The first-order valence-electron chi connectivity index (χ1n) is 16.2. The topological polar surface area (TPSA) is 121 Å². The van der Waals surface area contributed by atoms with Crippen LogP contribution in [0.4, 0.5) is 13.2 Å². The largest absolute Gasteiger partial charge is 0.445 e. The number of aromatic nitrogens is 2. The summed E-state index contributed by atoms with van der Waals surface area (Å²) in [7, 11) is 0. The molecule has 5 aromatic rings. The van der Waals surface area contributed by atoms with Crippen molar-refractivity contribution in [1.82, 2.24) is 25.5 Å². The molecule has 2 aromatic heterocycles. The maximum absolute atomic E-state index is 14.0. The molecule has 1 aliphatic rings. The van der Waals surface area contributed by atoms with Gasteiger partial charge in [0.1, 0.15) is 11.3 Å². The average molecular weight is 704 g/mol. The molecular formula is C37H36F3N5O4S. The summed E-state index contributed by atoms with van der Waals surface area (Å²) in [6.45, 7) is 2.53. The zero-order valence-electron chi connectivity index (χ0n) is 27.2. The second-order valence-corrected chi connectivity index (χ2v) is 13.2. The van der Waals surface area contributed by atoms with Crippen molar-refractivity contribution in [2.45, 2.75) is 57.1 Å². The summed E-state index contributed by atoms with van der Waals surface area (Å²) >= 11 is 1.52. The minimum absolute atomic E-state index is 0.0132. The Kier molecular flexibility index (Phi) is 10.8. The number of aliphatic hydroxyl groups is 1. The predicted octanol–water partition coefficient (Wildman–Crippen LogP) is 6.59. The van der Waals surface area contributed by atoms with Gasteiger partial charge >= 0.3 is 6.18 Å². The molecule has 6 rings (SSSR count). The summed E-state index contributed by atoms with van der Waals surface area (Å²) in [5, 5.41) is 20.1. The monoisotopic (exact) mass is 703 g/mol. The summed E-state index contributed by atoms with van der Waals surface area (Å²) in [5.74, 6) is -0.539. The van der Waals surface area contributed by atoms with E-state index in [2.05, 4.69) is 20.6 Å². The molecule has 0 aliphatic carbocycles. The van der Waals surface area contributed by atoms with E-state index in [-0.39, 0.29) is 48.5 Å². The van der Waals surface area contributed by atoms with Gasteiger partial charge in [-0.1, -0.05) is 48.5 Å². The van der Waals surface area contributed by atoms with Crippen LogP contribution in [0, 0.1) is 6.92 Å². The fourth-order valence-corrected chi connectivity index (χ4v) is 7.04. The SMILES string of the molecule is Cc1csc([C@H]2CCCN2C(=O)c2cc(C(=O)N[C@@H](Cc3ccccc3)[C@@H](O)CNCc3cccc(C(F)(F)F)c3)cc(-c3ncco3)c2)n1. The number of halogens is 3. The second-order valence-electron chi connectivity index (χ2n) is 12.3. The molecule has 13 heteroatoms. The van der Waals surface area contributed by atoms with E-state index in [9.17, 15) is 27.9 Å². The van der Waals surface area contributed by atoms with Gasteiger partial charge in [0.05, 0.1) is 29.9 Å². The minimum atomic E-state index is -4.47. The predicted molar refractivity (Wildman–Crippen MR) is 182 cm³/mol. The Hall–Kier alpha value is -4.85. The Balaban J connectivity index is 1.23. The van der Waals surface area contributed by atoms with Crippen molar-refractivity contribution in [1.29, 1.82) is 0 Å². The first-order valence-corrected chi connectivity index (χ1v) is 17.1. The summed E-state index contributed by atoms with van der Waals surface area (Å²) in [6, 6.07) is 18.1. The molecular weight excluding hydrogens is 667 g/mol. The zero-order chi connectivity index (χ0) is 35.3. The molecule has 2 amide bonds. The summed E-state index contributed by atoms with van der Waals surface area (Å²) in [6.07, 6.45) is -0.825. The third-order valence-corrected chi connectivity index (χ3v) is 9.64. The molecule has 0 unspecified atom stereocenters. The van der Waals surface area contributed by atoms with Crippen LogP contribution in [0.1, 0.15) is 67.0 Å². The van der Waals surface area contributed by atoms with Crippen molar-refractivity contribution in [3.05, 3.63) is 129 Å². The van der Waals surface area contributed by atoms with E-state index >= 15 is 0 Å². The minimum Gasteiger partial charge on any atom is -0.445 e. The van der Waals surface area contributed by atoms with Crippen LogP contribution in [0.5, 0.6) is 0 Å². The highest BCUT2D eigenvalue weighted by molar-refractivity contribution is 7.09. The highest BCUT2D eigenvalue weighted by atomic mass is 32.1. The van der Waals surface area contributed by atoms with Crippen molar-refractivity contribution in [2.75, 3.05) is 13.1 Å². The van der Waals surface area contributed by atoms with Gasteiger partial charge in [-0.3, -0.25) is 9.59 Å². The highest BCUT2D eigenvalue weighted by Gasteiger charge is 2.34. The van der Waals surface area contributed by atoms with E-state index in [0.29, 0.717) is 17.7 Å². The van der Waals surface area contributed by atoms with Crippen LogP contribution in [0.3, 0.4) is 0 Å². The Morgan fingerprint density at radius 2 is 1.84 bits per heavy atom. The first kappa shape index (κ1) is 35.0. The smallest absolute Gasteiger partial charge is 0.416 e. The number of likely N-dealkylation sites (tertiary alicyclic amines) is 1. The van der Waals surface area contributed by atoms with E-state index in [4.69, 9.17) is 4.42 Å². The molecule has 3 atom stereocenters. The third-order valence-electron chi connectivity index (χ3n) is 8.57. The number of nitrogens with one attached hydrogen (secondary N) is 2. The molecule has 1 aliphatic heterocycles. The molecule has 50 heavy (non-hydrogen) atoms. The van der Waals surface area contributed by atoms with Crippen LogP contribution in [0.15, 0.2) is 95.1 Å². The number of alkyl halides is 3. The molecule has 3 aromatic carbocycles. The summed E-state index contributed by atoms with van der Waals surface area (Å²) in [4.78, 5) is 38.6. The fraction of sp³-hybridized carbons (Fsp3) is 0.297. The Morgan fingerprint density at radius 3 is 2.56 bits per heavy atom. The van der Waals surface area contributed by atoms with Gasteiger partial charge in [0.25, 0.3) is 11.8 Å². The number of aliphatic hydroxyl groups excluding tert-OH is 1. The third kappa shape index (κ3) is 8.47. The number of oxazole rings is 1. The van der Waals surface area contributed by atoms with Crippen LogP contribution < -0.4 is 10.6 Å². The lowest BCUT2D eigenvalue weighted by Gasteiger charge is -2.26. The molecule has 260 valence electrons. The Morgan fingerprint density at radius 1 is 1.06 bits per heavy atom. The van der Waals surface area contributed by atoms with Crippen molar-refractivity contribution in [3.8, 4) is 11.5 Å². The standard InChI is InChI=1S/C37H36F3N5O4S/c1-23-22-50-35(43-23)31-11-6-13-45(31)36(48)28-18-26(17-27(19-28)34-42-12-14-49-34)33(47)44-30(16-24-7-3-2-4-8-24)32(46)21-41-20-25-9-5-10-29(15-25)37(38,39)40/h2-5,7-10,12,14-15,17-19,22,30-32,41,46H,6,11,13,16,20-21H2,1H3,(H,44,47)/t30-,31+,32-/m0/s1. The first-order chi connectivity index (χ1) is 24.0. The normalized spacial score (nSPS) is 15.9. The second kappa shape index (κ2) is 15.4. The number of benzene rings is 3. The molecule has 3 heterocycles. The molecule has 1 saturated heterocycles. The Bertz CT molecular complexity index is 1920. The molecule has 0 bridgehead atoms. The lowest BCUT2D eigenvalue weighted by molar-refractivity contribution is -0.137. The molecule has 0 spiro atoms. The van der Waals surface area contributed by atoms with Gasteiger partial charge in [0.15, 0.2) is 0 Å². The number of carbonyl (C=O) groups is 2. The van der Waals surface area contributed by atoms with Gasteiger partial charge < -0.3 is 25.1 Å². The summed E-state index contributed by atoms with van der Waals surface area (Å²) in [5.41, 5.74) is 2.30. The van der Waals surface area contributed by atoms with E-state index in [1.807, 2.05) is 42.6 Å². The average Bonchev–Trinajstić information content (AvgIpc) is 3.90. The van der Waals surface area contributed by atoms with E-state index in [0.717, 1.165) is 41.2 Å². The summed E-state index contributed by atoms with van der Waals surface area (Å²) < 4.78 is 45.1. The molecule has 3 N–H and O–H groups in total. The molecule has 0 saturated carbocycles. The number of aryl methyl sites for hydroxylation is 1. The van der Waals surface area contributed by atoms with Crippen LogP contribution in [0.25, 0.3) is 11.5 Å². The quantitative estimate of drug-likeness (QED) is 0.134. The zero-order valence-corrected chi connectivity index (χ0v) is 28.0. The highest BCUT2D eigenvalue weighted by Crippen LogP contribution is 2.35. The number of nitrogens with zero attached hydrogens (tertiary/aromatic N) is 3. The van der Waals surface area contributed by atoms with E-state index in [1.54, 1.807) is 23.1 Å². The molecule has 9 nitrogen and oxygen atoms in total. The van der Waals surface area contributed by atoms with Crippen molar-refractivity contribution >= 4 is 23.2 Å². The van der Waals surface area contributed by atoms with Gasteiger partial charge in [-0.2, -0.15) is 13.2 Å². The Labute approximate surface area is 291 Å². The number of rotatable bonds is 12. The number of amides is 2. The maximum Gasteiger partial charge on any atom is 0.416 e. The van der Waals surface area contributed by atoms with Crippen molar-refractivity contribution in [3.63, 3.8) is 0 Å². The number of carbonyl (C=O) groups excluding carboxylic acids is 2. The van der Waals surface area contributed by atoms with E-state index in [1.165, 1.54) is 35.9 Å². The van der Waals surface area contributed by atoms with Gasteiger partial charge in [0, 0.05) is 47.4 Å². The number of hydrogen-bond donors (Lipinski definition) is 3. The fourth-order valence-electron chi connectivity index (χ4n) is 6.10. The van der Waals surface area contributed by atoms with Crippen LogP contribution in [-0.4, -0.2) is 57.0 Å². The number of hydrogen-bond acceptors (Lipinski definition) is 8. The van der Waals surface area contributed by atoms with Crippen LogP contribution >= 0.6 is 11.3 Å². The van der Waals surface area contributed by atoms with Gasteiger partial charge in [-0.15, -0.1) is 11.3 Å². The lowest BCUT2D eigenvalue weighted by Crippen LogP contribution is -2.48. The van der Waals surface area contributed by atoms with Crippen LogP contribution in [0.2, 0.25) is 0 Å². The van der Waals surface area contributed by atoms with Gasteiger partial charge in [0.2, 0.25) is 5.89 Å². The molecule has 0 radical (unpaired) electrons. The van der Waals surface area contributed by atoms with Gasteiger partial charge in [-0.05, 0) is 61.6 Å². The lowest BCUT2D eigenvalue weighted by atomic mass is 9.99. The molecule has 1 fully saturated rings.